The lowest BCUT2D eigenvalue weighted by Crippen LogP contribution is -2.15. The molecule has 0 radical (unpaired) electrons. The standard InChI is InChI=1S/C18H26O3/c1-14(2)13-21-18(20)12-17(19)10-9-15(3)11-16-7-5-4-6-8-16/h4-8,14-15H,9-13H2,1-3H3. The van der Waals surface area contributed by atoms with E-state index < -0.39 is 5.97 Å². The molecule has 0 saturated heterocycles. The predicted octanol–water partition coefficient (Wildman–Crippen LogP) is 3.80. The van der Waals surface area contributed by atoms with Crippen LogP contribution in [-0.4, -0.2) is 18.4 Å². The molecular weight excluding hydrogens is 264 g/mol. The second-order valence-corrected chi connectivity index (χ2v) is 6.13. The van der Waals surface area contributed by atoms with E-state index in [-0.39, 0.29) is 12.2 Å². The minimum absolute atomic E-state index is 0.0244. The number of hydrogen-bond acceptors (Lipinski definition) is 3. The molecule has 0 amide bonds. The van der Waals surface area contributed by atoms with Crippen molar-refractivity contribution < 1.29 is 14.3 Å². The Kier molecular flexibility index (Phi) is 7.73. The fraction of sp³-hybridized carbons (Fsp3) is 0.556. The Morgan fingerprint density at radius 3 is 2.38 bits per heavy atom. The lowest BCUT2D eigenvalue weighted by molar-refractivity contribution is -0.147. The fourth-order valence-electron chi connectivity index (χ4n) is 2.09. The molecule has 1 unspecified atom stereocenters. The molecule has 0 N–H and O–H groups in total. The molecule has 3 heteroatoms. The molecule has 0 aromatic heterocycles. The molecule has 0 saturated carbocycles. The summed E-state index contributed by atoms with van der Waals surface area (Å²) in [5.74, 6) is 0.311. The van der Waals surface area contributed by atoms with Gasteiger partial charge in [0.05, 0.1) is 6.61 Å². The SMILES string of the molecule is CC(C)COC(=O)CC(=O)CCC(C)Cc1ccccc1. The maximum absolute atomic E-state index is 11.8. The van der Waals surface area contributed by atoms with Gasteiger partial charge in [0.25, 0.3) is 0 Å². The van der Waals surface area contributed by atoms with Crippen LogP contribution >= 0.6 is 0 Å². The molecule has 21 heavy (non-hydrogen) atoms. The number of rotatable bonds is 9. The molecule has 1 atom stereocenters. The highest BCUT2D eigenvalue weighted by Crippen LogP contribution is 2.14. The van der Waals surface area contributed by atoms with Crippen LogP contribution in [0.15, 0.2) is 30.3 Å². The third kappa shape index (κ3) is 8.28. The van der Waals surface area contributed by atoms with Gasteiger partial charge in [-0.1, -0.05) is 51.1 Å². The Morgan fingerprint density at radius 2 is 1.76 bits per heavy atom. The third-order valence-corrected chi connectivity index (χ3v) is 3.26. The van der Waals surface area contributed by atoms with Crippen LogP contribution in [0.2, 0.25) is 0 Å². The highest BCUT2D eigenvalue weighted by Gasteiger charge is 2.13. The van der Waals surface area contributed by atoms with Gasteiger partial charge in [0, 0.05) is 6.42 Å². The van der Waals surface area contributed by atoms with Crippen molar-refractivity contribution in [2.24, 2.45) is 11.8 Å². The molecule has 116 valence electrons. The number of benzene rings is 1. The van der Waals surface area contributed by atoms with Gasteiger partial charge in [-0.15, -0.1) is 0 Å². The first kappa shape index (κ1) is 17.4. The summed E-state index contributed by atoms with van der Waals surface area (Å²) in [6.07, 6.45) is 2.13. The van der Waals surface area contributed by atoms with Crippen molar-refractivity contribution in [3.05, 3.63) is 35.9 Å². The summed E-state index contributed by atoms with van der Waals surface area (Å²) in [5.41, 5.74) is 1.29. The Hall–Kier alpha value is -1.64. The molecule has 0 aliphatic rings. The Labute approximate surface area is 127 Å². The predicted molar refractivity (Wildman–Crippen MR) is 84.0 cm³/mol. The van der Waals surface area contributed by atoms with E-state index >= 15 is 0 Å². The highest BCUT2D eigenvalue weighted by atomic mass is 16.5. The van der Waals surface area contributed by atoms with Crippen LogP contribution in [0.1, 0.15) is 45.6 Å². The molecule has 1 aromatic carbocycles. The third-order valence-electron chi connectivity index (χ3n) is 3.26. The minimum atomic E-state index is -0.399. The van der Waals surface area contributed by atoms with Crippen molar-refractivity contribution in [2.75, 3.05) is 6.61 Å². The number of carbonyl (C=O) groups is 2. The quantitative estimate of drug-likeness (QED) is 0.513. The number of ketones is 1. The first-order valence-electron chi connectivity index (χ1n) is 7.68. The fourth-order valence-corrected chi connectivity index (χ4v) is 2.09. The summed E-state index contributed by atoms with van der Waals surface area (Å²) < 4.78 is 5.02. The maximum atomic E-state index is 11.8. The second kappa shape index (κ2) is 9.32. The summed E-state index contributed by atoms with van der Waals surface area (Å²) in [5, 5.41) is 0. The molecule has 0 fully saturated rings. The van der Waals surface area contributed by atoms with Gasteiger partial charge in [-0.05, 0) is 30.2 Å². The van der Waals surface area contributed by atoms with E-state index in [1.807, 2.05) is 32.0 Å². The molecular formula is C18H26O3. The normalized spacial score (nSPS) is 12.2. The van der Waals surface area contributed by atoms with Crippen LogP contribution in [0.5, 0.6) is 0 Å². The van der Waals surface area contributed by atoms with E-state index in [0.29, 0.717) is 24.9 Å². The van der Waals surface area contributed by atoms with Crippen LogP contribution < -0.4 is 0 Å². The lowest BCUT2D eigenvalue weighted by Gasteiger charge is -2.11. The molecule has 3 nitrogen and oxygen atoms in total. The molecule has 1 rings (SSSR count). The van der Waals surface area contributed by atoms with Gasteiger partial charge in [-0.2, -0.15) is 0 Å². The first-order chi connectivity index (χ1) is 9.97. The van der Waals surface area contributed by atoms with Crippen molar-refractivity contribution in [3.63, 3.8) is 0 Å². The Balaban J connectivity index is 2.21. The molecule has 0 aliphatic carbocycles. The van der Waals surface area contributed by atoms with E-state index in [1.165, 1.54) is 5.56 Å². The average Bonchev–Trinajstić information content (AvgIpc) is 2.44. The maximum Gasteiger partial charge on any atom is 0.313 e. The van der Waals surface area contributed by atoms with Crippen molar-refractivity contribution >= 4 is 11.8 Å². The zero-order valence-electron chi connectivity index (χ0n) is 13.3. The zero-order chi connectivity index (χ0) is 15.7. The number of Topliss-reactive ketones (excluding diaryl/α,β-unsaturated/α-hetero) is 1. The average molecular weight is 290 g/mol. The summed E-state index contributed by atoms with van der Waals surface area (Å²) in [6.45, 7) is 6.47. The monoisotopic (exact) mass is 290 g/mol. The first-order valence-corrected chi connectivity index (χ1v) is 7.68. The molecule has 0 heterocycles. The molecule has 0 spiro atoms. The minimum Gasteiger partial charge on any atom is -0.465 e. The van der Waals surface area contributed by atoms with E-state index in [2.05, 4.69) is 19.1 Å². The van der Waals surface area contributed by atoms with Crippen molar-refractivity contribution in [3.8, 4) is 0 Å². The molecule has 1 aromatic rings. The van der Waals surface area contributed by atoms with Crippen molar-refractivity contribution in [2.45, 2.75) is 46.5 Å². The topological polar surface area (TPSA) is 43.4 Å². The summed E-state index contributed by atoms with van der Waals surface area (Å²) >= 11 is 0. The highest BCUT2D eigenvalue weighted by molar-refractivity contribution is 5.95. The van der Waals surface area contributed by atoms with Gasteiger partial charge in [-0.3, -0.25) is 9.59 Å². The van der Waals surface area contributed by atoms with Gasteiger partial charge in [0.15, 0.2) is 0 Å². The summed E-state index contributed by atoms with van der Waals surface area (Å²) in [6, 6.07) is 10.2. The van der Waals surface area contributed by atoms with E-state index in [9.17, 15) is 9.59 Å². The van der Waals surface area contributed by atoms with Gasteiger partial charge in [0.1, 0.15) is 12.2 Å². The summed E-state index contributed by atoms with van der Waals surface area (Å²) in [7, 11) is 0. The van der Waals surface area contributed by atoms with E-state index in [4.69, 9.17) is 4.74 Å². The van der Waals surface area contributed by atoms with Gasteiger partial charge >= 0.3 is 5.97 Å². The van der Waals surface area contributed by atoms with Crippen LogP contribution in [-0.2, 0) is 20.7 Å². The number of ether oxygens (including phenoxy) is 1. The van der Waals surface area contributed by atoms with Gasteiger partial charge in [0.2, 0.25) is 0 Å². The van der Waals surface area contributed by atoms with Crippen molar-refractivity contribution in [1.29, 1.82) is 0 Å². The second-order valence-electron chi connectivity index (χ2n) is 6.13. The van der Waals surface area contributed by atoms with Gasteiger partial charge in [-0.25, -0.2) is 0 Å². The Morgan fingerprint density at radius 1 is 1.10 bits per heavy atom. The van der Waals surface area contributed by atoms with Crippen LogP contribution in [0.3, 0.4) is 0 Å². The number of hydrogen-bond donors (Lipinski definition) is 0. The molecule has 0 aliphatic heterocycles. The van der Waals surface area contributed by atoms with Gasteiger partial charge < -0.3 is 4.74 Å². The zero-order valence-corrected chi connectivity index (χ0v) is 13.3. The summed E-state index contributed by atoms with van der Waals surface area (Å²) in [4.78, 5) is 23.2. The van der Waals surface area contributed by atoms with Crippen LogP contribution in [0.4, 0.5) is 0 Å². The van der Waals surface area contributed by atoms with Crippen LogP contribution in [0.25, 0.3) is 0 Å². The lowest BCUT2D eigenvalue weighted by atomic mass is 9.95. The number of esters is 1. The molecule has 0 bridgehead atoms. The smallest absolute Gasteiger partial charge is 0.313 e. The Bertz CT molecular complexity index is 437. The van der Waals surface area contributed by atoms with Crippen molar-refractivity contribution in [1.82, 2.24) is 0 Å². The van der Waals surface area contributed by atoms with E-state index in [0.717, 1.165) is 12.8 Å². The largest absolute Gasteiger partial charge is 0.465 e. The van der Waals surface area contributed by atoms with Crippen LogP contribution in [0, 0.1) is 11.8 Å². The van der Waals surface area contributed by atoms with E-state index in [1.54, 1.807) is 0 Å². The number of carbonyl (C=O) groups excluding carboxylic acids is 2.